The number of anilines is 1. The Labute approximate surface area is 193 Å². The molecule has 1 N–H and O–H groups in total. The van der Waals surface area contributed by atoms with Gasteiger partial charge < -0.3 is 14.2 Å². The van der Waals surface area contributed by atoms with Crippen molar-refractivity contribution in [2.45, 2.75) is 4.21 Å². The number of carbonyl (C=O) groups excluding carboxylic acids is 1. The fourth-order valence-electron chi connectivity index (χ4n) is 3.01. The second kappa shape index (κ2) is 9.84. The summed E-state index contributed by atoms with van der Waals surface area (Å²) in [4.78, 5) is 16.0. The van der Waals surface area contributed by atoms with E-state index in [9.17, 15) is 9.18 Å². The second-order valence-corrected chi connectivity index (χ2v) is 8.82. The summed E-state index contributed by atoms with van der Waals surface area (Å²) in [6.07, 6.45) is 1.78. The van der Waals surface area contributed by atoms with Crippen LogP contribution in [0.4, 0.5) is 10.1 Å². The van der Waals surface area contributed by atoms with Crippen molar-refractivity contribution in [2.75, 3.05) is 18.9 Å². The lowest BCUT2D eigenvalue weighted by molar-refractivity contribution is 0.0600. The van der Waals surface area contributed by atoms with Gasteiger partial charge in [0.05, 0.1) is 31.7 Å². The van der Waals surface area contributed by atoms with E-state index in [0.717, 1.165) is 31.6 Å². The Hall–Kier alpha value is -3.36. The van der Waals surface area contributed by atoms with E-state index in [1.54, 1.807) is 37.6 Å². The summed E-state index contributed by atoms with van der Waals surface area (Å²) in [5, 5.41) is 0.826. The van der Waals surface area contributed by atoms with E-state index in [0.29, 0.717) is 11.3 Å². The van der Waals surface area contributed by atoms with Crippen LogP contribution in [0.5, 0.6) is 5.75 Å². The molecule has 1 heterocycles. The van der Waals surface area contributed by atoms with Crippen molar-refractivity contribution in [3.05, 3.63) is 84.3 Å². The van der Waals surface area contributed by atoms with Crippen molar-refractivity contribution in [3.63, 3.8) is 0 Å². The molecule has 0 unspecified atom stereocenters. The normalized spacial score (nSPS) is 10.6. The molecule has 0 bridgehead atoms. The molecule has 0 atom stereocenters. The van der Waals surface area contributed by atoms with Crippen LogP contribution >= 0.6 is 23.3 Å². The molecule has 0 aliphatic rings. The molecule has 0 radical (unpaired) electrons. The molecule has 4 aromatic rings. The predicted molar refractivity (Wildman–Crippen MR) is 127 cm³/mol. The highest BCUT2D eigenvalue weighted by Crippen LogP contribution is 2.36. The fourth-order valence-corrected chi connectivity index (χ4v) is 4.68. The van der Waals surface area contributed by atoms with Crippen LogP contribution in [0.2, 0.25) is 0 Å². The van der Waals surface area contributed by atoms with E-state index in [-0.39, 0.29) is 11.8 Å². The number of hydrogen-bond acceptors (Lipinski definition) is 7. The molecule has 5 nitrogen and oxygen atoms in total. The van der Waals surface area contributed by atoms with Crippen LogP contribution in [0, 0.1) is 5.82 Å². The third-order valence-corrected chi connectivity index (χ3v) is 6.65. The van der Waals surface area contributed by atoms with Gasteiger partial charge in [-0.05, 0) is 71.6 Å². The molecular formula is C24H19FN2O3S2. The molecule has 0 saturated carbocycles. The molecule has 0 fully saturated rings. The number of nitrogens with zero attached hydrogens (tertiary/aromatic N) is 1. The number of rotatable bonds is 7. The quantitative estimate of drug-likeness (QED) is 0.247. The molecule has 0 aliphatic heterocycles. The van der Waals surface area contributed by atoms with Crippen LogP contribution in [0.15, 0.2) is 77.1 Å². The number of thiazole rings is 1. The molecule has 4 rings (SSSR count). The molecule has 0 aliphatic carbocycles. The molecule has 0 amide bonds. The molecular weight excluding hydrogens is 447 g/mol. The van der Waals surface area contributed by atoms with E-state index < -0.39 is 0 Å². The van der Waals surface area contributed by atoms with Gasteiger partial charge in [-0.1, -0.05) is 18.2 Å². The lowest BCUT2D eigenvalue weighted by Gasteiger charge is -2.12. The van der Waals surface area contributed by atoms with Gasteiger partial charge in [-0.3, -0.25) is 0 Å². The fraction of sp³-hybridized carbons (Fsp3) is 0.0833. The van der Waals surface area contributed by atoms with E-state index in [4.69, 9.17) is 9.47 Å². The minimum absolute atomic E-state index is 0.267. The molecule has 162 valence electrons. The molecule has 3 aromatic carbocycles. The van der Waals surface area contributed by atoms with Gasteiger partial charge in [0.15, 0.2) is 0 Å². The van der Waals surface area contributed by atoms with Gasteiger partial charge in [0.2, 0.25) is 0 Å². The average molecular weight is 467 g/mol. The van der Waals surface area contributed by atoms with Crippen LogP contribution in [-0.4, -0.2) is 25.2 Å². The second-order valence-electron chi connectivity index (χ2n) is 6.68. The van der Waals surface area contributed by atoms with Crippen molar-refractivity contribution < 1.29 is 18.7 Å². The van der Waals surface area contributed by atoms with E-state index in [2.05, 4.69) is 9.71 Å². The zero-order valence-corrected chi connectivity index (χ0v) is 18.9. The highest BCUT2D eigenvalue weighted by Gasteiger charge is 2.10. The number of benzene rings is 3. The van der Waals surface area contributed by atoms with Gasteiger partial charge in [-0.15, -0.1) is 11.3 Å². The van der Waals surface area contributed by atoms with Crippen LogP contribution in [0.25, 0.3) is 21.7 Å². The summed E-state index contributed by atoms with van der Waals surface area (Å²) in [6.45, 7) is 0. The summed E-state index contributed by atoms with van der Waals surface area (Å²) in [5.74, 6) is 0.0585. The maximum absolute atomic E-state index is 13.1. The number of halogens is 1. The Morgan fingerprint density at radius 2 is 1.66 bits per heavy atom. The molecule has 32 heavy (non-hydrogen) atoms. The van der Waals surface area contributed by atoms with E-state index in [1.807, 2.05) is 30.3 Å². The lowest BCUT2D eigenvalue weighted by Crippen LogP contribution is -2.00. The van der Waals surface area contributed by atoms with Gasteiger partial charge in [-0.25, -0.2) is 14.2 Å². The number of methoxy groups -OCH3 is 2. The van der Waals surface area contributed by atoms with Crippen LogP contribution < -0.4 is 9.46 Å². The first kappa shape index (κ1) is 21.9. The van der Waals surface area contributed by atoms with Gasteiger partial charge in [0, 0.05) is 5.56 Å². The predicted octanol–water partition coefficient (Wildman–Crippen LogP) is 6.53. The smallest absolute Gasteiger partial charge is 0.337 e. The first-order valence-corrected chi connectivity index (χ1v) is 11.2. The first-order valence-electron chi connectivity index (χ1n) is 9.59. The SMILES string of the molecule is COC(=O)c1ccc(-c2ccc(NSc3cnc(-c4ccc(F)cc4)s3)c(OC)c2)cc1. The monoisotopic (exact) mass is 466 g/mol. The number of nitrogens with one attached hydrogen (secondary N) is 1. The number of hydrogen-bond donors (Lipinski definition) is 1. The molecule has 0 spiro atoms. The van der Waals surface area contributed by atoms with Crippen LogP contribution in [0.1, 0.15) is 10.4 Å². The van der Waals surface area contributed by atoms with Gasteiger partial charge in [-0.2, -0.15) is 0 Å². The number of aromatic nitrogens is 1. The van der Waals surface area contributed by atoms with Gasteiger partial charge >= 0.3 is 5.97 Å². The Kier molecular flexibility index (Phi) is 6.72. The lowest BCUT2D eigenvalue weighted by atomic mass is 10.0. The third kappa shape index (κ3) is 4.92. The summed E-state index contributed by atoms with van der Waals surface area (Å²) in [5.41, 5.74) is 4.13. The van der Waals surface area contributed by atoms with E-state index in [1.165, 1.54) is 42.5 Å². The number of ether oxygens (including phenoxy) is 2. The van der Waals surface area contributed by atoms with Crippen molar-refractivity contribution in [1.82, 2.24) is 4.98 Å². The topological polar surface area (TPSA) is 60.5 Å². The summed E-state index contributed by atoms with van der Waals surface area (Å²) in [7, 11) is 2.98. The maximum Gasteiger partial charge on any atom is 0.337 e. The first-order chi connectivity index (χ1) is 15.6. The number of carbonyl (C=O) groups is 1. The van der Waals surface area contributed by atoms with Crippen LogP contribution in [0.3, 0.4) is 0 Å². The number of esters is 1. The Morgan fingerprint density at radius 1 is 0.969 bits per heavy atom. The highest BCUT2D eigenvalue weighted by atomic mass is 32.2. The average Bonchev–Trinajstić information content (AvgIpc) is 3.31. The minimum atomic E-state index is -0.364. The summed E-state index contributed by atoms with van der Waals surface area (Å²) < 4.78 is 27.7. The van der Waals surface area contributed by atoms with Crippen molar-refractivity contribution in [2.24, 2.45) is 0 Å². The largest absolute Gasteiger partial charge is 0.495 e. The van der Waals surface area contributed by atoms with Crippen LogP contribution in [-0.2, 0) is 4.74 Å². The standard InChI is InChI=1S/C24H19FN2O3S2/c1-29-21-13-18(15-3-5-17(6-4-15)24(28)30-2)9-12-20(21)27-32-22-14-26-23(31-22)16-7-10-19(25)11-8-16/h3-14,27H,1-2H3. The summed E-state index contributed by atoms with van der Waals surface area (Å²) >= 11 is 2.95. The van der Waals surface area contributed by atoms with Gasteiger partial charge in [0.1, 0.15) is 20.8 Å². The minimum Gasteiger partial charge on any atom is -0.495 e. The molecule has 0 saturated heterocycles. The Bertz CT molecular complexity index is 1220. The maximum atomic E-state index is 13.1. The highest BCUT2D eigenvalue weighted by molar-refractivity contribution is 8.02. The molecule has 8 heteroatoms. The molecule has 1 aromatic heterocycles. The van der Waals surface area contributed by atoms with Crippen molar-refractivity contribution in [1.29, 1.82) is 0 Å². The van der Waals surface area contributed by atoms with Gasteiger partial charge in [0.25, 0.3) is 0 Å². The zero-order valence-electron chi connectivity index (χ0n) is 17.3. The van der Waals surface area contributed by atoms with Crippen molar-refractivity contribution >= 4 is 34.9 Å². The summed E-state index contributed by atoms with van der Waals surface area (Å²) in [6, 6.07) is 19.4. The van der Waals surface area contributed by atoms with E-state index >= 15 is 0 Å². The zero-order chi connectivity index (χ0) is 22.5. The Balaban J connectivity index is 1.47. The van der Waals surface area contributed by atoms with Crippen molar-refractivity contribution in [3.8, 4) is 27.4 Å². The Morgan fingerprint density at radius 3 is 2.34 bits per heavy atom. The third-order valence-electron chi connectivity index (χ3n) is 4.68.